The number of hydrogen-bond donors (Lipinski definition) is 1. The lowest BCUT2D eigenvalue weighted by Crippen LogP contribution is -2.32. The molecule has 1 aliphatic rings. The van der Waals surface area contributed by atoms with Crippen molar-refractivity contribution in [1.82, 2.24) is 14.9 Å². The van der Waals surface area contributed by atoms with Gasteiger partial charge in [-0.25, -0.2) is 4.98 Å². The molecule has 118 valence electrons. The second kappa shape index (κ2) is 6.17. The first-order valence-electron chi connectivity index (χ1n) is 8.50. The van der Waals surface area contributed by atoms with Crippen LogP contribution in [-0.4, -0.2) is 28.0 Å². The van der Waals surface area contributed by atoms with Gasteiger partial charge in [0.1, 0.15) is 5.82 Å². The predicted molar refractivity (Wildman–Crippen MR) is 94.5 cm³/mol. The van der Waals surface area contributed by atoms with Crippen LogP contribution in [0.5, 0.6) is 0 Å². The minimum Gasteiger partial charge on any atom is -0.342 e. The van der Waals surface area contributed by atoms with Crippen molar-refractivity contribution in [3.05, 3.63) is 65.5 Å². The van der Waals surface area contributed by atoms with Crippen LogP contribution in [0.2, 0.25) is 0 Å². The summed E-state index contributed by atoms with van der Waals surface area (Å²) in [4.78, 5) is 10.9. The molecule has 0 saturated carbocycles. The molecule has 3 aromatic rings. The highest BCUT2D eigenvalue weighted by Crippen LogP contribution is 2.28. The minimum absolute atomic E-state index is 0.566. The number of imidazole rings is 1. The number of benzene rings is 2. The Morgan fingerprint density at radius 3 is 2.70 bits per heavy atom. The van der Waals surface area contributed by atoms with Gasteiger partial charge in [-0.1, -0.05) is 42.0 Å². The molecule has 1 fully saturated rings. The van der Waals surface area contributed by atoms with E-state index in [-0.39, 0.29) is 0 Å². The van der Waals surface area contributed by atoms with Crippen molar-refractivity contribution in [3.8, 4) is 0 Å². The maximum Gasteiger partial charge on any atom is 0.110 e. The Kier molecular flexibility index (Phi) is 3.88. The predicted octanol–water partition coefficient (Wildman–Crippen LogP) is 4.25. The number of nitrogens with zero attached hydrogens (tertiary/aromatic N) is 2. The van der Waals surface area contributed by atoms with E-state index in [4.69, 9.17) is 4.98 Å². The first kappa shape index (κ1) is 14.5. The SMILES string of the molecule is Cc1cccc(CN2CCC(c3nc4ccccc4[nH]3)CC2)c1. The zero-order chi connectivity index (χ0) is 15.6. The molecule has 1 aliphatic heterocycles. The highest BCUT2D eigenvalue weighted by Gasteiger charge is 2.23. The van der Waals surface area contributed by atoms with Crippen molar-refractivity contribution in [3.63, 3.8) is 0 Å². The summed E-state index contributed by atoms with van der Waals surface area (Å²) in [6.07, 6.45) is 2.37. The van der Waals surface area contributed by atoms with Crippen LogP contribution in [0.1, 0.15) is 35.7 Å². The van der Waals surface area contributed by atoms with Gasteiger partial charge in [-0.05, 0) is 50.6 Å². The number of aromatic amines is 1. The molecule has 4 rings (SSSR count). The molecule has 0 spiro atoms. The van der Waals surface area contributed by atoms with Gasteiger partial charge in [-0.3, -0.25) is 4.90 Å². The summed E-state index contributed by atoms with van der Waals surface area (Å²) in [6, 6.07) is 17.2. The summed E-state index contributed by atoms with van der Waals surface area (Å²) in [5.41, 5.74) is 5.02. The van der Waals surface area contributed by atoms with Crippen LogP contribution in [-0.2, 0) is 6.54 Å². The topological polar surface area (TPSA) is 31.9 Å². The molecule has 0 bridgehead atoms. The maximum atomic E-state index is 4.78. The molecular formula is C20H23N3. The zero-order valence-corrected chi connectivity index (χ0v) is 13.6. The van der Waals surface area contributed by atoms with Crippen LogP contribution in [0, 0.1) is 6.92 Å². The monoisotopic (exact) mass is 305 g/mol. The zero-order valence-electron chi connectivity index (χ0n) is 13.6. The van der Waals surface area contributed by atoms with Crippen LogP contribution < -0.4 is 0 Å². The number of aromatic nitrogens is 2. The molecule has 2 heterocycles. The van der Waals surface area contributed by atoms with Crippen molar-refractivity contribution in [2.24, 2.45) is 0 Å². The molecule has 1 N–H and O–H groups in total. The molecule has 0 atom stereocenters. The second-order valence-corrected chi connectivity index (χ2v) is 6.68. The fourth-order valence-electron chi connectivity index (χ4n) is 3.60. The molecule has 0 amide bonds. The molecule has 3 nitrogen and oxygen atoms in total. The number of piperidine rings is 1. The highest BCUT2D eigenvalue weighted by molar-refractivity contribution is 5.74. The van der Waals surface area contributed by atoms with Gasteiger partial charge in [0, 0.05) is 12.5 Å². The van der Waals surface area contributed by atoms with Crippen LogP contribution in [0.25, 0.3) is 11.0 Å². The largest absolute Gasteiger partial charge is 0.342 e. The molecule has 23 heavy (non-hydrogen) atoms. The van der Waals surface area contributed by atoms with E-state index < -0.39 is 0 Å². The number of H-pyrrole nitrogens is 1. The molecule has 2 aromatic carbocycles. The summed E-state index contributed by atoms with van der Waals surface area (Å²) in [5.74, 6) is 1.73. The summed E-state index contributed by atoms with van der Waals surface area (Å²) in [5, 5.41) is 0. The fraction of sp³-hybridized carbons (Fsp3) is 0.350. The number of aryl methyl sites for hydroxylation is 1. The average molecular weight is 305 g/mol. The number of nitrogens with one attached hydrogen (secondary N) is 1. The quantitative estimate of drug-likeness (QED) is 0.784. The smallest absolute Gasteiger partial charge is 0.110 e. The first-order valence-corrected chi connectivity index (χ1v) is 8.50. The standard InChI is InChI=1S/C20H23N3/c1-15-5-4-6-16(13-15)14-23-11-9-17(10-12-23)20-21-18-7-2-3-8-19(18)22-20/h2-8,13,17H,9-12,14H2,1H3,(H,21,22). The summed E-state index contributed by atoms with van der Waals surface area (Å²) in [7, 11) is 0. The van der Waals surface area contributed by atoms with Crippen LogP contribution in [0.15, 0.2) is 48.5 Å². The molecule has 0 radical (unpaired) electrons. The third-order valence-electron chi connectivity index (χ3n) is 4.87. The Bertz CT molecular complexity index is 764. The number of fused-ring (bicyclic) bond motifs is 1. The fourth-order valence-corrected chi connectivity index (χ4v) is 3.60. The molecule has 0 unspecified atom stereocenters. The van der Waals surface area contributed by atoms with E-state index in [1.165, 1.54) is 29.8 Å². The van der Waals surface area contributed by atoms with E-state index in [1.807, 2.05) is 0 Å². The van der Waals surface area contributed by atoms with Crippen LogP contribution in [0.4, 0.5) is 0 Å². The van der Waals surface area contributed by atoms with E-state index in [0.29, 0.717) is 5.92 Å². The Hall–Kier alpha value is -2.13. The number of likely N-dealkylation sites (tertiary alicyclic amines) is 1. The van der Waals surface area contributed by atoms with Crippen molar-refractivity contribution in [1.29, 1.82) is 0 Å². The Morgan fingerprint density at radius 2 is 1.91 bits per heavy atom. The van der Waals surface area contributed by atoms with Gasteiger partial charge in [-0.15, -0.1) is 0 Å². The Morgan fingerprint density at radius 1 is 1.09 bits per heavy atom. The normalized spacial score (nSPS) is 16.9. The van der Waals surface area contributed by atoms with Crippen molar-refractivity contribution in [2.75, 3.05) is 13.1 Å². The number of hydrogen-bond acceptors (Lipinski definition) is 2. The minimum atomic E-state index is 0.566. The lowest BCUT2D eigenvalue weighted by molar-refractivity contribution is 0.202. The lowest BCUT2D eigenvalue weighted by atomic mass is 9.95. The van der Waals surface area contributed by atoms with Crippen LogP contribution >= 0.6 is 0 Å². The van der Waals surface area contributed by atoms with E-state index in [2.05, 4.69) is 65.3 Å². The average Bonchev–Trinajstić information content (AvgIpc) is 2.99. The van der Waals surface area contributed by atoms with Gasteiger partial charge in [0.05, 0.1) is 11.0 Å². The van der Waals surface area contributed by atoms with Gasteiger partial charge in [0.2, 0.25) is 0 Å². The van der Waals surface area contributed by atoms with Gasteiger partial charge < -0.3 is 4.98 Å². The van der Waals surface area contributed by atoms with E-state index >= 15 is 0 Å². The van der Waals surface area contributed by atoms with Gasteiger partial charge in [0.15, 0.2) is 0 Å². The number of rotatable bonds is 3. The van der Waals surface area contributed by atoms with Gasteiger partial charge in [0.25, 0.3) is 0 Å². The van der Waals surface area contributed by atoms with E-state index in [1.54, 1.807) is 0 Å². The van der Waals surface area contributed by atoms with Crippen molar-refractivity contribution >= 4 is 11.0 Å². The number of para-hydroxylation sites is 2. The third kappa shape index (κ3) is 3.15. The van der Waals surface area contributed by atoms with Crippen LogP contribution in [0.3, 0.4) is 0 Å². The Labute approximate surface area is 137 Å². The lowest BCUT2D eigenvalue weighted by Gasteiger charge is -2.31. The molecule has 3 heteroatoms. The molecule has 0 aliphatic carbocycles. The van der Waals surface area contributed by atoms with E-state index in [9.17, 15) is 0 Å². The summed E-state index contributed by atoms with van der Waals surface area (Å²) >= 11 is 0. The highest BCUT2D eigenvalue weighted by atomic mass is 15.1. The molecule has 1 saturated heterocycles. The molecular weight excluding hydrogens is 282 g/mol. The van der Waals surface area contributed by atoms with Gasteiger partial charge >= 0.3 is 0 Å². The van der Waals surface area contributed by atoms with Gasteiger partial charge in [-0.2, -0.15) is 0 Å². The van der Waals surface area contributed by atoms with Crippen molar-refractivity contribution < 1.29 is 0 Å². The first-order chi connectivity index (χ1) is 11.3. The maximum absolute atomic E-state index is 4.78. The van der Waals surface area contributed by atoms with E-state index in [0.717, 1.165) is 30.7 Å². The second-order valence-electron chi connectivity index (χ2n) is 6.68. The summed E-state index contributed by atoms with van der Waals surface area (Å²) in [6.45, 7) is 5.52. The Balaban J connectivity index is 1.40. The third-order valence-corrected chi connectivity index (χ3v) is 4.87. The summed E-state index contributed by atoms with van der Waals surface area (Å²) < 4.78 is 0. The van der Waals surface area contributed by atoms with Crippen molar-refractivity contribution in [2.45, 2.75) is 32.2 Å². The molecule has 1 aromatic heterocycles.